The molecule has 1 aliphatic rings. The molecule has 31 heavy (non-hydrogen) atoms. The molecule has 0 atom stereocenters. The predicted octanol–water partition coefficient (Wildman–Crippen LogP) is 1.77. The van der Waals surface area contributed by atoms with Gasteiger partial charge in [0.05, 0.1) is 22.3 Å². The smallest absolute Gasteiger partial charge is 0.301 e. The van der Waals surface area contributed by atoms with E-state index in [-0.39, 0.29) is 5.91 Å². The van der Waals surface area contributed by atoms with Crippen LogP contribution in [0.15, 0.2) is 12.1 Å². The lowest BCUT2D eigenvalue weighted by Crippen LogP contribution is -2.48. The molecule has 9 nitrogen and oxygen atoms in total. The van der Waals surface area contributed by atoms with Gasteiger partial charge in [-0.1, -0.05) is 20.8 Å². The van der Waals surface area contributed by atoms with E-state index in [1.54, 1.807) is 12.1 Å². The Balaban J connectivity index is 2.07. The summed E-state index contributed by atoms with van der Waals surface area (Å²) in [5.41, 5.74) is 2.17. The van der Waals surface area contributed by atoms with Crippen LogP contribution >= 0.6 is 0 Å². The quantitative estimate of drug-likeness (QED) is 0.694. The molecule has 0 saturated carbocycles. The summed E-state index contributed by atoms with van der Waals surface area (Å²) in [4.78, 5) is 22.4. The van der Waals surface area contributed by atoms with Gasteiger partial charge in [-0.05, 0) is 24.6 Å². The number of nitrogens with zero attached hydrogens (tertiary/aromatic N) is 5. The first kappa shape index (κ1) is 23.5. The van der Waals surface area contributed by atoms with E-state index in [0.717, 1.165) is 41.7 Å². The number of imidazole rings is 1. The van der Waals surface area contributed by atoms with Gasteiger partial charge in [0.25, 0.3) is 5.91 Å². The Morgan fingerprint density at radius 1 is 1.19 bits per heavy atom. The van der Waals surface area contributed by atoms with Crippen molar-refractivity contribution in [2.24, 2.45) is 13.0 Å². The number of carbonyl (C=O) groups excluding carboxylic acids is 1. The largest absolute Gasteiger partial charge is 0.336 e. The van der Waals surface area contributed by atoms with Gasteiger partial charge in [0, 0.05) is 53.7 Å². The first-order valence-corrected chi connectivity index (χ1v) is 12.2. The van der Waals surface area contributed by atoms with Crippen molar-refractivity contribution in [2.75, 3.05) is 51.5 Å². The van der Waals surface area contributed by atoms with Gasteiger partial charge in [-0.3, -0.25) is 9.52 Å². The number of piperazine rings is 1. The lowest BCUT2D eigenvalue weighted by atomic mass is 10.1. The predicted molar refractivity (Wildman–Crippen MR) is 124 cm³/mol. The first-order valence-electron chi connectivity index (χ1n) is 10.7. The molecule has 1 aromatic carbocycles. The van der Waals surface area contributed by atoms with Crippen molar-refractivity contribution in [1.29, 1.82) is 0 Å². The second-order valence-electron chi connectivity index (χ2n) is 8.69. The summed E-state index contributed by atoms with van der Waals surface area (Å²) in [7, 11) is 1.14. The fraction of sp³-hybridized carbons (Fsp3) is 0.619. The lowest BCUT2D eigenvalue weighted by molar-refractivity contribution is 0.0645. The van der Waals surface area contributed by atoms with Crippen LogP contribution in [-0.4, -0.2) is 84.8 Å². The lowest BCUT2D eigenvalue weighted by Gasteiger charge is -2.34. The van der Waals surface area contributed by atoms with Gasteiger partial charge in [0.15, 0.2) is 0 Å². The monoisotopic (exact) mass is 450 g/mol. The normalized spacial score (nSPS) is 15.9. The standard InChI is InChI=1S/C21H34N6O3S/c1-7-26-8-10-27(11-9-26)21(28)17-13-16(23-31(29,30)24(4)5)14-18-20(17)25(6)19(22-18)12-15(2)3/h13-15,23H,7-12H2,1-6H3. The summed E-state index contributed by atoms with van der Waals surface area (Å²) >= 11 is 0. The molecule has 2 aromatic rings. The molecule has 10 heteroatoms. The van der Waals surface area contributed by atoms with Gasteiger partial charge < -0.3 is 14.4 Å². The molecule has 2 heterocycles. The van der Waals surface area contributed by atoms with E-state index in [1.807, 2.05) is 16.5 Å². The van der Waals surface area contributed by atoms with Crippen LogP contribution in [0.4, 0.5) is 5.69 Å². The van der Waals surface area contributed by atoms with E-state index in [2.05, 4.69) is 30.4 Å². The maximum Gasteiger partial charge on any atom is 0.301 e. The fourth-order valence-corrected chi connectivity index (χ4v) is 4.45. The molecular formula is C21H34N6O3S. The van der Waals surface area contributed by atoms with E-state index < -0.39 is 10.2 Å². The highest BCUT2D eigenvalue weighted by molar-refractivity contribution is 7.90. The number of anilines is 1. The average molecular weight is 451 g/mol. The molecule has 172 valence electrons. The highest BCUT2D eigenvalue weighted by Crippen LogP contribution is 2.28. The number of rotatable bonds is 7. The summed E-state index contributed by atoms with van der Waals surface area (Å²) in [6, 6.07) is 3.34. The summed E-state index contributed by atoms with van der Waals surface area (Å²) in [5, 5.41) is 0. The minimum Gasteiger partial charge on any atom is -0.336 e. The molecular weight excluding hydrogens is 416 g/mol. The molecule has 0 spiro atoms. The van der Waals surface area contributed by atoms with E-state index in [1.165, 1.54) is 14.1 Å². The number of aromatic nitrogens is 2. The van der Waals surface area contributed by atoms with Crippen molar-refractivity contribution >= 4 is 32.8 Å². The maximum atomic E-state index is 13.5. The zero-order valence-electron chi connectivity index (χ0n) is 19.3. The van der Waals surface area contributed by atoms with Crippen molar-refractivity contribution in [3.05, 3.63) is 23.5 Å². The van der Waals surface area contributed by atoms with Gasteiger partial charge in [-0.25, -0.2) is 4.98 Å². The van der Waals surface area contributed by atoms with Crippen LogP contribution in [0.3, 0.4) is 0 Å². The van der Waals surface area contributed by atoms with Gasteiger partial charge >= 0.3 is 10.2 Å². The number of amides is 1. The number of nitrogens with one attached hydrogen (secondary N) is 1. The van der Waals surface area contributed by atoms with Crippen molar-refractivity contribution in [3.8, 4) is 0 Å². The Morgan fingerprint density at radius 2 is 1.84 bits per heavy atom. The number of likely N-dealkylation sites (N-methyl/N-ethyl adjacent to an activating group) is 1. The molecule has 0 radical (unpaired) electrons. The van der Waals surface area contributed by atoms with E-state index in [4.69, 9.17) is 4.98 Å². The van der Waals surface area contributed by atoms with Gasteiger partial charge in [-0.2, -0.15) is 12.7 Å². The Morgan fingerprint density at radius 3 is 2.39 bits per heavy atom. The zero-order chi connectivity index (χ0) is 22.9. The van der Waals surface area contributed by atoms with Crippen LogP contribution in [0.5, 0.6) is 0 Å². The van der Waals surface area contributed by atoms with Crippen LogP contribution in [0.2, 0.25) is 0 Å². The average Bonchev–Trinajstić information content (AvgIpc) is 3.01. The van der Waals surface area contributed by atoms with E-state index in [9.17, 15) is 13.2 Å². The second kappa shape index (κ2) is 9.13. The summed E-state index contributed by atoms with van der Waals surface area (Å²) < 4.78 is 30.4. The fourth-order valence-electron chi connectivity index (χ4n) is 3.85. The SMILES string of the molecule is CCN1CCN(C(=O)c2cc(NS(=O)(=O)N(C)C)cc3nc(CC(C)C)n(C)c23)CC1. The minimum atomic E-state index is -3.70. The molecule has 0 aliphatic carbocycles. The second-order valence-corrected chi connectivity index (χ2v) is 10.6. The van der Waals surface area contributed by atoms with Crippen molar-refractivity contribution in [3.63, 3.8) is 0 Å². The van der Waals surface area contributed by atoms with Crippen LogP contribution in [0, 0.1) is 5.92 Å². The summed E-state index contributed by atoms with van der Waals surface area (Å²) in [6.45, 7) is 10.3. The Labute approximate surface area is 185 Å². The molecule has 1 fully saturated rings. The van der Waals surface area contributed by atoms with E-state index >= 15 is 0 Å². The Hall–Kier alpha value is -2.17. The van der Waals surface area contributed by atoms with Crippen molar-refractivity contribution < 1.29 is 13.2 Å². The molecule has 1 N–H and O–H groups in total. The molecule has 1 aromatic heterocycles. The van der Waals surface area contributed by atoms with Gasteiger partial charge in [-0.15, -0.1) is 0 Å². The number of carbonyl (C=O) groups is 1. The third kappa shape index (κ3) is 5.02. The van der Waals surface area contributed by atoms with Crippen LogP contribution in [-0.2, 0) is 23.7 Å². The summed E-state index contributed by atoms with van der Waals surface area (Å²) in [5.74, 6) is 1.19. The zero-order valence-corrected chi connectivity index (χ0v) is 20.2. The highest BCUT2D eigenvalue weighted by Gasteiger charge is 2.26. The van der Waals surface area contributed by atoms with Crippen molar-refractivity contribution in [1.82, 2.24) is 23.7 Å². The number of benzene rings is 1. The number of hydrogen-bond acceptors (Lipinski definition) is 5. The highest BCUT2D eigenvalue weighted by atomic mass is 32.2. The Kier molecular flexibility index (Phi) is 6.92. The number of hydrogen-bond donors (Lipinski definition) is 1. The van der Waals surface area contributed by atoms with Gasteiger partial charge in [0.1, 0.15) is 5.82 Å². The number of fused-ring (bicyclic) bond motifs is 1. The molecule has 0 bridgehead atoms. The molecule has 3 rings (SSSR count). The molecule has 1 aliphatic heterocycles. The third-order valence-electron chi connectivity index (χ3n) is 5.72. The van der Waals surface area contributed by atoms with Crippen molar-refractivity contribution in [2.45, 2.75) is 27.2 Å². The summed E-state index contributed by atoms with van der Waals surface area (Å²) in [6.07, 6.45) is 0.771. The van der Waals surface area contributed by atoms with Crippen LogP contribution in [0.25, 0.3) is 11.0 Å². The Bertz CT molecular complexity index is 1050. The van der Waals surface area contributed by atoms with Crippen LogP contribution < -0.4 is 4.72 Å². The van der Waals surface area contributed by atoms with Gasteiger partial charge in [0.2, 0.25) is 0 Å². The first-order chi connectivity index (χ1) is 14.5. The van der Waals surface area contributed by atoms with E-state index in [0.29, 0.717) is 35.8 Å². The topological polar surface area (TPSA) is 90.8 Å². The maximum absolute atomic E-state index is 13.5. The molecule has 0 unspecified atom stereocenters. The molecule has 1 saturated heterocycles. The number of aryl methyl sites for hydroxylation is 1. The third-order valence-corrected chi connectivity index (χ3v) is 7.17. The van der Waals surface area contributed by atoms with Crippen LogP contribution in [0.1, 0.15) is 37.0 Å². The minimum absolute atomic E-state index is 0.0919. The molecule has 1 amide bonds.